The molecule has 0 amide bonds. The first-order valence-electron chi connectivity index (χ1n) is 5.14. The molecule has 5 heteroatoms. The molecule has 0 fully saturated rings. The monoisotopic (exact) mass is 236 g/mol. The number of hydrogen-bond donors (Lipinski definition) is 2. The van der Waals surface area contributed by atoms with Gasteiger partial charge in [-0.25, -0.2) is 4.79 Å². The van der Waals surface area contributed by atoms with Crippen LogP contribution in [0.5, 0.6) is 11.5 Å². The van der Waals surface area contributed by atoms with E-state index >= 15 is 0 Å². The van der Waals surface area contributed by atoms with Gasteiger partial charge in [-0.15, -0.1) is 0 Å². The maximum absolute atomic E-state index is 11.0. The Morgan fingerprint density at radius 1 is 1.47 bits per heavy atom. The highest BCUT2D eigenvalue weighted by molar-refractivity contribution is 6.01. The first-order valence-corrected chi connectivity index (χ1v) is 5.14. The van der Waals surface area contributed by atoms with Crippen LogP contribution in [-0.2, 0) is 6.42 Å². The SMILES string of the molecule is CCc1cc2cc(O)c(C(=O)O)c(OC)c2o1. The lowest BCUT2D eigenvalue weighted by molar-refractivity contribution is 0.0690. The number of furan rings is 1. The number of rotatable bonds is 3. The number of hydrogen-bond acceptors (Lipinski definition) is 4. The van der Waals surface area contributed by atoms with E-state index < -0.39 is 5.97 Å². The van der Waals surface area contributed by atoms with Crippen molar-refractivity contribution < 1.29 is 24.2 Å². The molecule has 0 aliphatic heterocycles. The number of carbonyl (C=O) groups is 1. The minimum absolute atomic E-state index is 0.0483. The Labute approximate surface area is 97.2 Å². The van der Waals surface area contributed by atoms with Gasteiger partial charge >= 0.3 is 5.97 Å². The summed E-state index contributed by atoms with van der Waals surface area (Å²) in [5.41, 5.74) is 0.0663. The van der Waals surface area contributed by atoms with Crippen molar-refractivity contribution in [2.75, 3.05) is 7.11 Å². The van der Waals surface area contributed by atoms with E-state index in [0.29, 0.717) is 23.2 Å². The molecule has 0 saturated carbocycles. The average molecular weight is 236 g/mol. The number of aromatic hydroxyl groups is 1. The first kappa shape index (κ1) is 11.3. The van der Waals surface area contributed by atoms with Crippen molar-refractivity contribution in [3.05, 3.63) is 23.5 Å². The molecule has 17 heavy (non-hydrogen) atoms. The van der Waals surface area contributed by atoms with Crippen molar-refractivity contribution in [3.63, 3.8) is 0 Å². The van der Waals surface area contributed by atoms with E-state index in [9.17, 15) is 9.90 Å². The zero-order valence-electron chi connectivity index (χ0n) is 9.48. The predicted octanol–water partition coefficient (Wildman–Crippen LogP) is 2.41. The van der Waals surface area contributed by atoms with E-state index in [1.807, 2.05) is 6.92 Å². The van der Waals surface area contributed by atoms with Crippen LogP contribution in [0.3, 0.4) is 0 Å². The van der Waals surface area contributed by atoms with Crippen LogP contribution in [0.25, 0.3) is 11.0 Å². The third kappa shape index (κ3) is 1.69. The van der Waals surface area contributed by atoms with Crippen LogP contribution in [-0.4, -0.2) is 23.3 Å². The maximum Gasteiger partial charge on any atom is 0.343 e. The molecule has 0 unspecified atom stereocenters. The van der Waals surface area contributed by atoms with Gasteiger partial charge in [0.1, 0.15) is 17.1 Å². The maximum atomic E-state index is 11.0. The number of fused-ring (bicyclic) bond motifs is 1. The van der Waals surface area contributed by atoms with Crippen LogP contribution >= 0.6 is 0 Å². The molecule has 0 spiro atoms. The standard InChI is InChI=1S/C12H12O5/c1-3-7-4-6-5-8(13)9(12(14)15)11(16-2)10(6)17-7/h4-5,13H,3H2,1-2H3,(H,14,15). The van der Waals surface area contributed by atoms with Crippen LogP contribution in [0.2, 0.25) is 0 Å². The molecular formula is C12H12O5. The molecule has 1 aromatic heterocycles. The number of aromatic carboxylic acids is 1. The summed E-state index contributed by atoms with van der Waals surface area (Å²) in [6.45, 7) is 1.92. The minimum Gasteiger partial charge on any atom is -0.507 e. The first-order chi connectivity index (χ1) is 8.08. The number of ether oxygens (including phenoxy) is 1. The van der Waals surface area contributed by atoms with E-state index in [0.717, 1.165) is 0 Å². The van der Waals surface area contributed by atoms with E-state index in [1.165, 1.54) is 13.2 Å². The van der Waals surface area contributed by atoms with Gasteiger partial charge in [0.15, 0.2) is 11.3 Å². The van der Waals surface area contributed by atoms with Crippen molar-refractivity contribution in [1.29, 1.82) is 0 Å². The fourth-order valence-electron chi connectivity index (χ4n) is 1.77. The zero-order valence-corrected chi connectivity index (χ0v) is 9.48. The number of phenols is 1. The van der Waals surface area contributed by atoms with Gasteiger partial charge in [0.25, 0.3) is 0 Å². The Morgan fingerprint density at radius 3 is 2.71 bits per heavy atom. The molecule has 5 nitrogen and oxygen atoms in total. The van der Waals surface area contributed by atoms with Gasteiger partial charge in [0.05, 0.1) is 7.11 Å². The second kappa shape index (κ2) is 4.01. The van der Waals surface area contributed by atoms with Crippen molar-refractivity contribution >= 4 is 16.9 Å². The zero-order chi connectivity index (χ0) is 12.6. The third-order valence-corrected chi connectivity index (χ3v) is 2.56. The van der Waals surface area contributed by atoms with Crippen molar-refractivity contribution in [1.82, 2.24) is 0 Å². The molecule has 90 valence electrons. The summed E-state index contributed by atoms with van der Waals surface area (Å²) in [6, 6.07) is 3.12. The summed E-state index contributed by atoms with van der Waals surface area (Å²) in [4.78, 5) is 11.0. The van der Waals surface area contributed by atoms with Gasteiger partial charge in [0.2, 0.25) is 0 Å². The van der Waals surface area contributed by atoms with Crippen molar-refractivity contribution in [3.8, 4) is 11.5 Å². The Bertz CT molecular complexity index is 582. The lowest BCUT2D eigenvalue weighted by Crippen LogP contribution is -2.01. The van der Waals surface area contributed by atoms with Crippen LogP contribution in [0.15, 0.2) is 16.5 Å². The van der Waals surface area contributed by atoms with E-state index in [1.54, 1.807) is 6.07 Å². The topological polar surface area (TPSA) is 79.9 Å². The Balaban J connectivity index is 2.83. The molecule has 1 heterocycles. The van der Waals surface area contributed by atoms with Crippen molar-refractivity contribution in [2.24, 2.45) is 0 Å². The largest absolute Gasteiger partial charge is 0.507 e. The van der Waals surface area contributed by atoms with Crippen molar-refractivity contribution in [2.45, 2.75) is 13.3 Å². The molecule has 1 aromatic carbocycles. The van der Waals surface area contributed by atoms with Crippen LogP contribution in [0.1, 0.15) is 23.0 Å². The molecule has 2 rings (SSSR count). The number of benzene rings is 1. The highest BCUT2D eigenvalue weighted by atomic mass is 16.5. The molecule has 0 aliphatic rings. The van der Waals surface area contributed by atoms with Gasteiger partial charge < -0.3 is 19.4 Å². The molecule has 0 bridgehead atoms. The summed E-state index contributed by atoms with van der Waals surface area (Å²) in [5.74, 6) is -0.826. The fraction of sp³-hybridized carbons (Fsp3) is 0.250. The predicted molar refractivity (Wildman–Crippen MR) is 60.8 cm³/mol. The average Bonchev–Trinajstić information content (AvgIpc) is 2.69. The lowest BCUT2D eigenvalue weighted by Gasteiger charge is -2.07. The summed E-state index contributed by atoms with van der Waals surface area (Å²) in [6.07, 6.45) is 0.682. The van der Waals surface area contributed by atoms with Crippen LogP contribution in [0.4, 0.5) is 0 Å². The number of aryl methyl sites for hydroxylation is 1. The van der Waals surface area contributed by atoms with Crippen LogP contribution < -0.4 is 4.74 Å². The summed E-state index contributed by atoms with van der Waals surface area (Å²) in [5, 5.41) is 19.3. The van der Waals surface area contributed by atoms with Crippen LogP contribution in [0, 0.1) is 0 Å². The Hall–Kier alpha value is -2.17. The minimum atomic E-state index is -1.25. The normalized spacial score (nSPS) is 10.7. The molecule has 0 saturated heterocycles. The van der Waals surface area contributed by atoms with Gasteiger partial charge in [-0.1, -0.05) is 6.92 Å². The molecule has 0 aliphatic carbocycles. The highest BCUT2D eigenvalue weighted by Crippen LogP contribution is 2.38. The van der Waals surface area contributed by atoms with E-state index in [2.05, 4.69) is 0 Å². The van der Waals surface area contributed by atoms with E-state index in [4.69, 9.17) is 14.3 Å². The van der Waals surface area contributed by atoms with Gasteiger partial charge in [-0.3, -0.25) is 0 Å². The number of carboxylic acids is 1. The molecule has 0 radical (unpaired) electrons. The summed E-state index contributed by atoms with van der Waals surface area (Å²) in [7, 11) is 1.34. The number of methoxy groups -OCH3 is 1. The van der Waals surface area contributed by atoms with Gasteiger partial charge in [-0.05, 0) is 12.1 Å². The summed E-state index contributed by atoms with van der Waals surface area (Å²) < 4.78 is 10.5. The van der Waals surface area contributed by atoms with Gasteiger partial charge in [-0.2, -0.15) is 0 Å². The third-order valence-electron chi connectivity index (χ3n) is 2.56. The summed E-state index contributed by atoms with van der Waals surface area (Å²) >= 11 is 0. The lowest BCUT2D eigenvalue weighted by atomic mass is 10.1. The smallest absolute Gasteiger partial charge is 0.343 e. The Morgan fingerprint density at radius 2 is 2.18 bits per heavy atom. The molecule has 2 aromatic rings. The quantitative estimate of drug-likeness (QED) is 0.855. The second-order valence-corrected chi connectivity index (χ2v) is 3.59. The van der Waals surface area contributed by atoms with Gasteiger partial charge in [0, 0.05) is 11.8 Å². The molecule has 0 atom stereocenters. The second-order valence-electron chi connectivity index (χ2n) is 3.59. The molecule has 2 N–H and O–H groups in total. The van der Waals surface area contributed by atoms with E-state index in [-0.39, 0.29) is 17.1 Å². The highest BCUT2D eigenvalue weighted by Gasteiger charge is 2.22. The fourth-order valence-corrected chi connectivity index (χ4v) is 1.77. The molecular weight excluding hydrogens is 224 g/mol. The number of carboxylic acid groups (broad SMARTS) is 1. The Kier molecular flexibility index (Phi) is 2.67.